The highest BCUT2D eigenvalue weighted by molar-refractivity contribution is 5.94. The zero-order chi connectivity index (χ0) is 31.6. The molecule has 4 aliphatic rings. The van der Waals surface area contributed by atoms with Crippen LogP contribution in [0, 0.1) is 10.8 Å². The van der Waals surface area contributed by atoms with Gasteiger partial charge in [-0.2, -0.15) is 0 Å². The second-order valence-corrected chi connectivity index (χ2v) is 15.4. The van der Waals surface area contributed by atoms with Crippen molar-refractivity contribution in [2.75, 3.05) is 13.1 Å². The van der Waals surface area contributed by atoms with Crippen LogP contribution >= 0.6 is 0 Å². The Labute approximate surface area is 264 Å². The largest absolute Gasteiger partial charge is 0.355 e. The van der Waals surface area contributed by atoms with Gasteiger partial charge in [0.2, 0.25) is 11.8 Å². The Morgan fingerprint density at radius 1 is 0.556 bits per heavy atom. The van der Waals surface area contributed by atoms with Crippen LogP contribution in [-0.4, -0.2) is 44.8 Å². The Balaban J connectivity index is 0.997. The Hall–Kier alpha value is -3.94. The lowest BCUT2D eigenvalue weighted by atomic mass is 9.63. The van der Waals surface area contributed by atoms with Gasteiger partial charge in [-0.25, -0.2) is 19.9 Å². The van der Waals surface area contributed by atoms with Gasteiger partial charge < -0.3 is 10.6 Å². The molecule has 4 aliphatic carbocycles. The van der Waals surface area contributed by atoms with E-state index in [1.165, 1.54) is 0 Å². The summed E-state index contributed by atoms with van der Waals surface area (Å²) in [7, 11) is 0. The van der Waals surface area contributed by atoms with Gasteiger partial charge in [-0.1, -0.05) is 65.8 Å². The Bertz CT molecular complexity index is 1810. The maximum Gasteiger partial charge on any atom is 0.232 e. The Kier molecular flexibility index (Phi) is 5.62. The van der Waals surface area contributed by atoms with Crippen LogP contribution in [-0.2, 0) is 31.2 Å². The van der Waals surface area contributed by atoms with E-state index in [0.29, 0.717) is 19.5 Å². The molecule has 0 spiro atoms. The minimum absolute atomic E-state index is 0.0176. The topological polar surface area (TPSA) is 110 Å². The lowest BCUT2D eigenvalue weighted by Gasteiger charge is -2.39. The lowest BCUT2D eigenvalue weighted by molar-refractivity contribution is -0.130. The molecule has 4 bridgehead atoms. The predicted octanol–water partition coefficient (Wildman–Crippen LogP) is 5.55. The molecule has 232 valence electrons. The number of hydrogen-bond acceptors (Lipinski definition) is 6. The molecule has 2 N–H and O–H groups in total. The van der Waals surface area contributed by atoms with Crippen molar-refractivity contribution in [2.24, 2.45) is 10.8 Å². The van der Waals surface area contributed by atoms with Crippen molar-refractivity contribution >= 4 is 33.9 Å². The van der Waals surface area contributed by atoms with Crippen LogP contribution in [0.3, 0.4) is 0 Å². The molecule has 2 fully saturated rings. The van der Waals surface area contributed by atoms with E-state index in [2.05, 4.69) is 52.2 Å². The van der Waals surface area contributed by atoms with Gasteiger partial charge in [-0.05, 0) is 67.2 Å². The zero-order valence-electron chi connectivity index (χ0n) is 27.2. The SMILES string of the molecule is CC1(C)[C@]2(C(=O)NCCCNC(=O)[C@]34CC[C@](C)(c5nc6ccccc6nc53)C4(C)C)CC[C@]1(C)c1nc3ccccc3nc12. The second kappa shape index (κ2) is 8.86. The van der Waals surface area contributed by atoms with Crippen LogP contribution in [0.15, 0.2) is 48.5 Å². The summed E-state index contributed by atoms with van der Waals surface area (Å²) in [6.45, 7) is 14.3. The number of amides is 2. The number of benzene rings is 2. The summed E-state index contributed by atoms with van der Waals surface area (Å²) in [4.78, 5) is 48.6. The first-order valence-corrected chi connectivity index (χ1v) is 16.5. The summed E-state index contributed by atoms with van der Waals surface area (Å²) in [6, 6.07) is 15.9. The maximum absolute atomic E-state index is 14.2. The molecule has 8 rings (SSSR count). The van der Waals surface area contributed by atoms with E-state index in [1.807, 2.05) is 48.5 Å². The fraction of sp³-hybridized carbons (Fsp3) is 0.514. The van der Waals surface area contributed by atoms with E-state index in [9.17, 15) is 9.59 Å². The molecular weight excluding hydrogens is 560 g/mol. The molecule has 45 heavy (non-hydrogen) atoms. The molecule has 8 nitrogen and oxygen atoms in total. The molecule has 0 unspecified atom stereocenters. The number of nitrogens with one attached hydrogen (secondary N) is 2. The van der Waals surface area contributed by atoms with Gasteiger partial charge in [0.25, 0.3) is 0 Å². The van der Waals surface area contributed by atoms with Crippen LogP contribution in [0.2, 0.25) is 0 Å². The summed E-state index contributed by atoms with van der Waals surface area (Å²) < 4.78 is 0. The van der Waals surface area contributed by atoms with E-state index in [1.54, 1.807) is 0 Å². The minimum atomic E-state index is -0.732. The number of fused-ring (bicyclic) bond motifs is 12. The molecule has 2 amide bonds. The Morgan fingerprint density at radius 2 is 0.889 bits per heavy atom. The molecular formula is C37H42N6O2. The summed E-state index contributed by atoms with van der Waals surface area (Å²) in [5, 5.41) is 6.52. The summed E-state index contributed by atoms with van der Waals surface area (Å²) >= 11 is 0. The van der Waals surface area contributed by atoms with Crippen molar-refractivity contribution in [1.29, 1.82) is 0 Å². The highest BCUT2D eigenvalue weighted by Gasteiger charge is 2.74. The minimum Gasteiger partial charge on any atom is -0.355 e. The average Bonchev–Trinajstić information content (AvgIpc) is 3.49. The third kappa shape index (κ3) is 3.13. The molecule has 0 radical (unpaired) electrons. The number of carbonyl (C=O) groups is 2. The third-order valence-electron chi connectivity index (χ3n) is 13.6. The summed E-state index contributed by atoms with van der Waals surface area (Å²) in [6.07, 6.45) is 3.95. The van der Waals surface area contributed by atoms with Crippen LogP contribution in [0.4, 0.5) is 0 Å². The molecule has 4 aromatic rings. The number of para-hydroxylation sites is 4. The van der Waals surface area contributed by atoms with E-state index in [-0.39, 0.29) is 33.5 Å². The number of hydrogen-bond donors (Lipinski definition) is 2. The van der Waals surface area contributed by atoms with Gasteiger partial charge >= 0.3 is 0 Å². The lowest BCUT2D eigenvalue weighted by Crippen LogP contribution is -2.52. The van der Waals surface area contributed by atoms with Gasteiger partial charge in [0.1, 0.15) is 0 Å². The third-order valence-corrected chi connectivity index (χ3v) is 13.6. The van der Waals surface area contributed by atoms with Gasteiger partial charge in [-0.15, -0.1) is 0 Å². The van der Waals surface area contributed by atoms with E-state index < -0.39 is 10.8 Å². The molecule has 8 heteroatoms. The first kappa shape index (κ1) is 28.5. The second-order valence-electron chi connectivity index (χ2n) is 15.4. The quantitative estimate of drug-likeness (QED) is 0.280. The van der Waals surface area contributed by atoms with Crippen molar-refractivity contribution in [1.82, 2.24) is 30.6 Å². The van der Waals surface area contributed by atoms with E-state index in [4.69, 9.17) is 19.9 Å². The number of aromatic nitrogens is 4. The normalized spacial score (nSPS) is 31.2. The monoisotopic (exact) mass is 602 g/mol. The smallest absolute Gasteiger partial charge is 0.232 e. The highest BCUT2D eigenvalue weighted by atomic mass is 16.2. The van der Waals surface area contributed by atoms with Crippen LogP contribution in [0.5, 0.6) is 0 Å². The van der Waals surface area contributed by atoms with Gasteiger partial charge in [-0.3, -0.25) is 9.59 Å². The van der Waals surface area contributed by atoms with E-state index in [0.717, 1.165) is 70.5 Å². The Morgan fingerprint density at radius 3 is 1.24 bits per heavy atom. The highest BCUT2D eigenvalue weighted by Crippen LogP contribution is 2.71. The fourth-order valence-electron chi connectivity index (χ4n) is 9.89. The summed E-state index contributed by atoms with van der Waals surface area (Å²) in [5.41, 5.74) is 4.44. The van der Waals surface area contributed by atoms with E-state index >= 15 is 0 Å². The van der Waals surface area contributed by atoms with Crippen molar-refractivity contribution < 1.29 is 9.59 Å². The molecule has 2 aromatic heterocycles. The van der Waals surface area contributed by atoms with Gasteiger partial charge in [0.05, 0.1) is 55.7 Å². The fourth-order valence-corrected chi connectivity index (χ4v) is 9.89. The first-order chi connectivity index (χ1) is 21.3. The van der Waals surface area contributed by atoms with Crippen molar-refractivity contribution in [3.05, 3.63) is 71.3 Å². The zero-order valence-corrected chi connectivity index (χ0v) is 27.2. The first-order valence-electron chi connectivity index (χ1n) is 16.5. The predicted molar refractivity (Wildman–Crippen MR) is 174 cm³/mol. The van der Waals surface area contributed by atoms with Gasteiger partial charge in [0, 0.05) is 23.9 Å². The van der Waals surface area contributed by atoms with Gasteiger partial charge in [0.15, 0.2) is 0 Å². The standard InChI is InChI=1S/C37H42N6O2/c1-32(2)34(5)16-18-36(32,28-26(34)40-22-12-7-9-14-24(22)42-28)30(44)38-20-11-21-39-31(45)37-19-17-35(6,33(37,3)4)27-29(37)43-25-15-10-8-13-23(25)41-27/h7-10,12-15H,11,16-21H2,1-6H3,(H,38,44)(H,39,45)/t34-,35-,36-,37+/m1/s1. The molecule has 2 heterocycles. The van der Waals surface area contributed by atoms with Crippen molar-refractivity contribution in [3.8, 4) is 0 Å². The van der Waals surface area contributed by atoms with Crippen molar-refractivity contribution in [2.45, 2.75) is 95.3 Å². The average molecular weight is 603 g/mol. The molecule has 2 saturated carbocycles. The molecule has 2 aromatic carbocycles. The molecule has 0 aliphatic heterocycles. The van der Waals surface area contributed by atoms with Crippen LogP contribution < -0.4 is 10.6 Å². The molecule has 0 saturated heterocycles. The van der Waals surface area contributed by atoms with Crippen LogP contribution in [0.25, 0.3) is 22.1 Å². The molecule has 4 atom stereocenters. The van der Waals surface area contributed by atoms with Crippen molar-refractivity contribution in [3.63, 3.8) is 0 Å². The number of nitrogens with zero attached hydrogens (tertiary/aromatic N) is 4. The number of carbonyl (C=O) groups excluding carboxylic acids is 2. The van der Waals surface area contributed by atoms with Crippen LogP contribution in [0.1, 0.15) is 96.4 Å². The summed E-state index contributed by atoms with van der Waals surface area (Å²) in [5.74, 6) is 0.0353. The maximum atomic E-state index is 14.2. The number of rotatable bonds is 6.